The van der Waals surface area contributed by atoms with Gasteiger partial charge in [0.15, 0.2) is 0 Å². The van der Waals surface area contributed by atoms with Crippen molar-refractivity contribution in [2.24, 2.45) is 5.92 Å². The monoisotopic (exact) mass is 496 g/mol. The highest BCUT2D eigenvalue weighted by Crippen LogP contribution is 2.20. The Labute approximate surface area is 211 Å². The average molecular weight is 497 g/mol. The molecule has 0 saturated heterocycles. The number of amides is 2. The molecule has 35 heavy (non-hydrogen) atoms. The van der Waals surface area contributed by atoms with Gasteiger partial charge >= 0.3 is 0 Å². The lowest BCUT2D eigenvalue weighted by molar-refractivity contribution is -0.144. The number of hydrogen-bond acceptors (Lipinski definition) is 4. The van der Waals surface area contributed by atoms with Crippen molar-refractivity contribution in [1.29, 1.82) is 0 Å². The Balaban J connectivity index is 1.69. The SMILES string of the molecule is Cc1ccsc1CN(Cc1ccc(F)cc1)C(=O)CN(CC(C)C)C(=O)COCc1ccccc1. The number of nitrogens with zero attached hydrogens (tertiary/aromatic N) is 2. The zero-order chi connectivity index (χ0) is 25.2. The number of aryl methyl sites for hydroxylation is 1. The van der Waals surface area contributed by atoms with E-state index in [4.69, 9.17) is 4.74 Å². The molecule has 7 heteroatoms. The molecular formula is C28H33FN2O3S. The van der Waals surface area contributed by atoms with Crippen molar-refractivity contribution in [1.82, 2.24) is 9.80 Å². The van der Waals surface area contributed by atoms with Gasteiger partial charge in [-0.3, -0.25) is 9.59 Å². The fraction of sp³-hybridized carbons (Fsp3) is 0.357. The van der Waals surface area contributed by atoms with Gasteiger partial charge in [-0.1, -0.05) is 56.3 Å². The normalized spacial score (nSPS) is 11.0. The lowest BCUT2D eigenvalue weighted by Gasteiger charge is -2.29. The van der Waals surface area contributed by atoms with Crippen LogP contribution in [-0.2, 0) is 34.0 Å². The van der Waals surface area contributed by atoms with Crippen LogP contribution in [0.25, 0.3) is 0 Å². The van der Waals surface area contributed by atoms with Crippen LogP contribution < -0.4 is 0 Å². The van der Waals surface area contributed by atoms with Gasteiger partial charge in [0.1, 0.15) is 12.4 Å². The van der Waals surface area contributed by atoms with Gasteiger partial charge in [0.2, 0.25) is 11.8 Å². The summed E-state index contributed by atoms with van der Waals surface area (Å²) in [5, 5.41) is 2.00. The second-order valence-electron chi connectivity index (χ2n) is 9.05. The molecule has 0 aliphatic rings. The lowest BCUT2D eigenvalue weighted by atomic mass is 10.2. The molecule has 0 spiro atoms. The summed E-state index contributed by atoms with van der Waals surface area (Å²) in [5.74, 6) is -0.480. The van der Waals surface area contributed by atoms with Crippen LogP contribution in [0.5, 0.6) is 0 Å². The summed E-state index contributed by atoms with van der Waals surface area (Å²) >= 11 is 1.60. The highest BCUT2D eigenvalue weighted by Gasteiger charge is 2.23. The summed E-state index contributed by atoms with van der Waals surface area (Å²) in [5.41, 5.74) is 2.95. The van der Waals surface area contributed by atoms with E-state index in [9.17, 15) is 14.0 Å². The molecule has 0 bridgehead atoms. The van der Waals surface area contributed by atoms with Crippen LogP contribution in [0.1, 0.15) is 35.4 Å². The first-order valence-corrected chi connectivity index (χ1v) is 12.6. The zero-order valence-electron chi connectivity index (χ0n) is 20.6. The molecule has 0 N–H and O–H groups in total. The van der Waals surface area contributed by atoms with Crippen LogP contribution in [0.2, 0.25) is 0 Å². The highest BCUT2D eigenvalue weighted by molar-refractivity contribution is 7.10. The maximum Gasteiger partial charge on any atom is 0.249 e. The predicted molar refractivity (Wildman–Crippen MR) is 137 cm³/mol. The zero-order valence-corrected chi connectivity index (χ0v) is 21.4. The smallest absolute Gasteiger partial charge is 0.249 e. The summed E-state index contributed by atoms with van der Waals surface area (Å²) in [6.45, 7) is 7.51. The minimum absolute atomic E-state index is 0.0304. The molecule has 1 heterocycles. The average Bonchev–Trinajstić information content (AvgIpc) is 3.24. The van der Waals surface area contributed by atoms with Crippen molar-refractivity contribution in [3.8, 4) is 0 Å². The summed E-state index contributed by atoms with van der Waals surface area (Å²) in [7, 11) is 0. The number of carbonyl (C=O) groups excluding carboxylic acids is 2. The van der Waals surface area contributed by atoms with Crippen molar-refractivity contribution in [3.63, 3.8) is 0 Å². The van der Waals surface area contributed by atoms with Gasteiger partial charge in [-0.05, 0) is 53.1 Å². The fourth-order valence-electron chi connectivity index (χ4n) is 3.66. The van der Waals surface area contributed by atoms with Crippen molar-refractivity contribution in [2.75, 3.05) is 19.7 Å². The van der Waals surface area contributed by atoms with Gasteiger partial charge in [0.05, 0.1) is 19.7 Å². The molecule has 0 aliphatic heterocycles. The first-order valence-electron chi connectivity index (χ1n) is 11.8. The number of hydrogen-bond donors (Lipinski definition) is 0. The third-order valence-corrected chi connectivity index (χ3v) is 6.55. The third-order valence-electron chi connectivity index (χ3n) is 5.54. The molecule has 0 aliphatic carbocycles. The van der Waals surface area contributed by atoms with Crippen LogP contribution in [0.15, 0.2) is 66.0 Å². The number of benzene rings is 2. The summed E-state index contributed by atoms with van der Waals surface area (Å²) in [4.78, 5) is 30.9. The number of carbonyl (C=O) groups is 2. The first-order chi connectivity index (χ1) is 16.8. The van der Waals surface area contributed by atoms with Gasteiger partial charge in [-0.15, -0.1) is 11.3 Å². The van der Waals surface area contributed by atoms with Gasteiger partial charge in [-0.2, -0.15) is 0 Å². The van der Waals surface area contributed by atoms with E-state index in [1.54, 1.807) is 33.3 Å². The maximum atomic E-state index is 13.5. The second-order valence-corrected chi connectivity index (χ2v) is 10.1. The second kappa shape index (κ2) is 13.2. The molecule has 1 aromatic heterocycles. The largest absolute Gasteiger partial charge is 0.367 e. The van der Waals surface area contributed by atoms with Crippen LogP contribution >= 0.6 is 11.3 Å². The number of thiophene rings is 1. The van der Waals surface area contributed by atoms with Gasteiger partial charge < -0.3 is 14.5 Å². The van der Waals surface area contributed by atoms with Crippen molar-refractivity contribution in [2.45, 2.75) is 40.5 Å². The quantitative estimate of drug-likeness (QED) is 0.336. The van der Waals surface area contributed by atoms with Gasteiger partial charge in [0, 0.05) is 18.0 Å². The third kappa shape index (κ3) is 8.60. The van der Waals surface area contributed by atoms with E-state index in [1.807, 2.05) is 62.5 Å². The molecule has 0 fully saturated rings. The Bertz CT molecular complexity index is 1080. The first kappa shape index (κ1) is 26.6. The van der Waals surface area contributed by atoms with Crippen molar-refractivity contribution < 1.29 is 18.7 Å². The summed E-state index contributed by atoms with van der Waals surface area (Å²) in [6, 6.07) is 17.9. The molecule has 3 aromatic rings. The van der Waals surface area contributed by atoms with Gasteiger partial charge in [-0.25, -0.2) is 4.39 Å². The predicted octanol–water partition coefficient (Wildman–Crippen LogP) is 5.43. The summed E-state index contributed by atoms with van der Waals surface area (Å²) in [6.07, 6.45) is 0. The minimum Gasteiger partial charge on any atom is -0.367 e. The van der Waals surface area contributed by atoms with Crippen LogP contribution in [-0.4, -0.2) is 41.3 Å². The molecule has 0 saturated carbocycles. The Morgan fingerprint density at radius 3 is 2.26 bits per heavy atom. The van der Waals surface area contributed by atoms with Crippen LogP contribution in [0.4, 0.5) is 4.39 Å². The number of halogens is 1. The highest BCUT2D eigenvalue weighted by atomic mass is 32.1. The Kier molecular flexibility index (Phi) is 9.99. The fourth-order valence-corrected chi connectivity index (χ4v) is 4.58. The molecule has 186 valence electrons. The topological polar surface area (TPSA) is 49.9 Å². The molecule has 5 nitrogen and oxygen atoms in total. The molecule has 2 amide bonds. The molecule has 2 aromatic carbocycles. The number of ether oxygens (including phenoxy) is 1. The molecule has 3 rings (SSSR count). The van der Waals surface area contributed by atoms with Crippen LogP contribution in [0, 0.1) is 18.7 Å². The van der Waals surface area contributed by atoms with E-state index in [0.717, 1.165) is 21.6 Å². The van der Waals surface area contributed by atoms with Crippen molar-refractivity contribution >= 4 is 23.2 Å². The molecular weight excluding hydrogens is 463 g/mol. The standard InChI is InChI=1S/C28H33FN2O3S/c1-21(2)15-30(28(33)20-34-19-24-7-5-4-6-8-24)18-27(32)31(17-26-22(3)13-14-35-26)16-23-9-11-25(29)12-10-23/h4-14,21H,15-20H2,1-3H3. The Morgan fingerprint density at radius 1 is 0.914 bits per heavy atom. The van der Waals surface area contributed by atoms with E-state index in [2.05, 4.69) is 0 Å². The maximum absolute atomic E-state index is 13.5. The summed E-state index contributed by atoms with van der Waals surface area (Å²) < 4.78 is 19.0. The molecule has 0 unspecified atom stereocenters. The van der Waals surface area contributed by atoms with Crippen molar-refractivity contribution in [3.05, 3.63) is 93.4 Å². The minimum atomic E-state index is -0.315. The molecule has 0 radical (unpaired) electrons. The molecule has 0 atom stereocenters. The van der Waals surface area contributed by atoms with Crippen LogP contribution in [0.3, 0.4) is 0 Å². The van der Waals surface area contributed by atoms with E-state index in [0.29, 0.717) is 26.2 Å². The van der Waals surface area contributed by atoms with E-state index in [-0.39, 0.29) is 36.7 Å². The van der Waals surface area contributed by atoms with E-state index < -0.39 is 0 Å². The Morgan fingerprint density at radius 2 is 1.63 bits per heavy atom. The number of rotatable bonds is 12. The van der Waals surface area contributed by atoms with E-state index >= 15 is 0 Å². The van der Waals surface area contributed by atoms with Gasteiger partial charge in [0.25, 0.3) is 0 Å². The van der Waals surface area contributed by atoms with E-state index in [1.165, 1.54) is 12.1 Å². The Hall–Kier alpha value is -3.03. The lowest BCUT2D eigenvalue weighted by Crippen LogP contribution is -2.45.